The monoisotopic (exact) mass is 246 g/mol. The van der Waals surface area contributed by atoms with Crippen molar-refractivity contribution in [3.05, 3.63) is 24.4 Å². The van der Waals surface area contributed by atoms with Crippen molar-refractivity contribution in [3.8, 4) is 16.9 Å². The second-order valence-corrected chi connectivity index (χ2v) is 4.35. The van der Waals surface area contributed by atoms with Crippen molar-refractivity contribution in [3.63, 3.8) is 0 Å². The van der Waals surface area contributed by atoms with E-state index in [9.17, 15) is 0 Å². The van der Waals surface area contributed by atoms with Gasteiger partial charge in [-0.3, -0.25) is 4.68 Å². The number of nitrogens with two attached hydrogens (primary N) is 1. The number of nitrogen functional groups attached to an aromatic ring is 1. The first-order valence-electron chi connectivity index (χ1n) is 5.67. The lowest BCUT2D eigenvalue weighted by Crippen LogP contribution is -2.08. The van der Waals surface area contributed by atoms with E-state index in [1.54, 1.807) is 18.0 Å². The van der Waals surface area contributed by atoms with Gasteiger partial charge in [0.15, 0.2) is 0 Å². The van der Waals surface area contributed by atoms with Gasteiger partial charge < -0.3 is 15.4 Å². The Morgan fingerprint density at radius 3 is 2.50 bits per heavy atom. The van der Waals surface area contributed by atoms with E-state index in [0.29, 0.717) is 5.82 Å². The highest BCUT2D eigenvalue weighted by molar-refractivity contribution is 5.81. The van der Waals surface area contributed by atoms with Crippen molar-refractivity contribution in [2.24, 2.45) is 7.05 Å². The molecule has 5 heteroatoms. The lowest BCUT2D eigenvalue weighted by molar-refractivity contribution is 0.416. The largest absolute Gasteiger partial charge is 0.496 e. The maximum Gasteiger partial charge on any atom is 0.129 e. The fourth-order valence-electron chi connectivity index (χ4n) is 1.84. The molecule has 2 N–H and O–H groups in total. The number of ether oxygens (including phenoxy) is 1. The van der Waals surface area contributed by atoms with Crippen LogP contribution in [-0.4, -0.2) is 31.0 Å². The van der Waals surface area contributed by atoms with Crippen LogP contribution in [-0.2, 0) is 7.05 Å². The molecule has 1 aromatic heterocycles. The van der Waals surface area contributed by atoms with Crippen molar-refractivity contribution in [2.45, 2.75) is 0 Å². The minimum absolute atomic E-state index is 0.629. The normalized spacial score (nSPS) is 10.4. The number of aromatic nitrogens is 2. The maximum absolute atomic E-state index is 6.02. The van der Waals surface area contributed by atoms with Gasteiger partial charge in [0.1, 0.15) is 11.6 Å². The van der Waals surface area contributed by atoms with E-state index in [4.69, 9.17) is 10.5 Å². The van der Waals surface area contributed by atoms with Crippen LogP contribution in [0.15, 0.2) is 24.4 Å². The van der Waals surface area contributed by atoms with Crippen LogP contribution in [0.3, 0.4) is 0 Å². The molecule has 2 aromatic rings. The average Bonchev–Trinajstić information content (AvgIpc) is 2.69. The third kappa shape index (κ3) is 1.99. The topological polar surface area (TPSA) is 56.3 Å². The van der Waals surface area contributed by atoms with Crippen LogP contribution < -0.4 is 15.4 Å². The molecule has 0 bridgehead atoms. The molecule has 0 aliphatic heterocycles. The average molecular weight is 246 g/mol. The molecule has 0 fully saturated rings. The first-order valence-corrected chi connectivity index (χ1v) is 5.67. The second-order valence-electron chi connectivity index (χ2n) is 4.35. The summed E-state index contributed by atoms with van der Waals surface area (Å²) in [5.74, 6) is 1.42. The number of rotatable bonds is 3. The molecule has 5 nitrogen and oxygen atoms in total. The summed E-state index contributed by atoms with van der Waals surface area (Å²) in [7, 11) is 7.47. The molecule has 2 rings (SSSR count). The van der Waals surface area contributed by atoms with Gasteiger partial charge in [0.05, 0.1) is 13.3 Å². The number of nitrogens with zero attached hydrogens (tertiary/aromatic N) is 3. The smallest absolute Gasteiger partial charge is 0.129 e. The minimum atomic E-state index is 0.629. The Bertz CT molecular complexity index is 560. The summed E-state index contributed by atoms with van der Waals surface area (Å²) in [4.78, 5) is 2.04. The van der Waals surface area contributed by atoms with Gasteiger partial charge in [0.2, 0.25) is 0 Å². The zero-order chi connectivity index (χ0) is 13.3. The number of benzene rings is 1. The molecular weight excluding hydrogens is 228 g/mol. The van der Waals surface area contributed by atoms with Crippen molar-refractivity contribution in [2.75, 3.05) is 31.8 Å². The van der Waals surface area contributed by atoms with E-state index in [1.807, 2.05) is 44.2 Å². The van der Waals surface area contributed by atoms with Gasteiger partial charge in [0, 0.05) is 38.0 Å². The predicted molar refractivity (Wildman–Crippen MR) is 73.9 cm³/mol. The standard InChI is InChI=1S/C13H18N4O/c1-16(2)9-5-6-12(18-4)10(7-9)11-8-15-17(3)13(11)14/h5-8H,14H2,1-4H3. The summed E-state index contributed by atoms with van der Waals surface area (Å²) in [5.41, 5.74) is 8.95. The van der Waals surface area contributed by atoms with Crippen LogP contribution in [0.25, 0.3) is 11.1 Å². The molecular formula is C13H18N4O. The Balaban J connectivity index is 2.60. The maximum atomic E-state index is 6.02. The van der Waals surface area contributed by atoms with E-state index in [0.717, 1.165) is 22.6 Å². The quantitative estimate of drug-likeness (QED) is 0.896. The highest BCUT2D eigenvalue weighted by Gasteiger charge is 2.13. The van der Waals surface area contributed by atoms with Gasteiger partial charge >= 0.3 is 0 Å². The Hall–Kier alpha value is -2.17. The van der Waals surface area contributed by atoms with Crippen LogP contribution >= 0.6 is 0 Å². The molecule has 0 aliphatic rings. The number of anilines is 2. The molecule has 0 unspecified atom stereocenters. The van der Waals surface area contributed by atoms with Gasteiger partial charge in [-0.1, -0.05) is 0 Å². The summed E-state index contributed by atoms with van der Waals surface area (Å²) >= 11 is 0. The van der Waals surface area contributed by atoms with Gasteiger partial charge in [0.25, 0.3) is 0 Å². The Morgan fingerprint density at radius 1 is 1.28 bits per heavy atom. The summed E-state index contributed by atoms with van der Waals surface area (Å²) < 4.78 is 7.04. The zero-order valence-corrected chi connectivity index (χ0v) is 11.1. The summed E-state index contributed by atoms with van der Waals surface area (Å²) in [6.07, 6.45) is 1.76. The van der Waals surface area contributed by atoms with Crippen LogP contribution in [0, 0.1) is 0 Å². The fourth-order valence-corrected chi connectivity index (χ4v) is 1.84. The number of aryl methyl sites for hydroxylation is 1. The van der Waals surface area contributed by atoms with E-state index < -0.39 is 0 Å². The Kier molecular flexibility index (Phi) is 3.14. The molecule has 0 saturated carbocycles. The van der Waals surface area contributed by atoms with Crippen LogP contribution in [0.1, 0.15) is 0 Å². The molecule has 0 spiro atoms. The number of methoxy groups -OCH3 is 1. The van der Waals surface area contributed by atoms with Gasteiger partial charge in [-0.2, -0.15) is 5.10 Å². The molecule has 0 aliphatic carbocycles. The first kappa shape index (κ1) is 12.3. The van der Waals surface area contributed by atoms with Crippen molar-refractivity contribution >= 4 is 11.5 Å². The second kappa shape index (κ2) is 4.60. The lowest BCUT2D eigenvalue weighted by Gasteiger charge is -2.16. The Morgan fingerprint density at radius 2 is 2.00 bits per heavy atom. The molecule has 0 amide bonds. The van der Waals surface area contributed by atoms with Crippen molar-refractivity contribution in [1.29, 1.82) is 0 Å². The molecule has 1 aromatic carbocycles. The highest BCUT2D eigenvalue weighted by atomic mass is 16.5. The fraction of sp³-hybridized carbons (Fsp3) is 0.308. The number of hydrogen-bond acceptors (Lipinski definition) is 4. The van der Waals surface area contributed by atoms with E-state index in [2.05, 4.69) is 5.10 Å². The zero-order valence-electron chi connectivity index (χ0n) is 11.1. The third-order valence-corrected chi connectivity index (χ3v) is 2.97. The van der Waals surface area contributed by atoms with E-state index in [-0.39, 0.29) is 0 Å². The Labute approximate surface area is 107 Å². The van der Waals surface area contributed by atoms with E-state index in [1.165, 1.54) is 0 Å². The number of hydrogen-bond donors (Lipinski definition) is 1. The highest BCUT2D eigenvalue weighted by Crippen LogP contribution is 2.35. The van der Waals surface area contributed by atoms with Crippen molar-refractivity contribution in [1.82, 2.24) is 9.78 Å². The molecule has 96 valence electrons. The SMILES string of the molecule is COc1ccc(N(C)C)cc1-c1cnn(C)c1N. The van der Waals surface area contributed by atoms with Gasteiger partial charge in [-0.25, -0.2) is 0 Å². The third-order valence-electron chi connectivity index (χ3n) is 2.97. The molecule has 0 atom stereocenters. The van der Waals surface area contributed by atoms with Gasteiger partial charge in [-0.05, 0) is 18.2 Å². The van der Waals surface area contributed by atoms with E-state index >= 15 is 0 Å². The summed E-state index contributed by atoms with van der Waals surface area (Å²) in [5, 5.41) is 4.16. The summed E-state index contributed by atoms with van der Waals surface area (Å²) in [6.45, 7) is 0. The van der Waals surface area contributed by atoms with Crippen LogP contribution in [0.5, 0.6) is 5.75 Å². The van der Waals surface area contributed by atoms with Crippen molar-refractivity contribution < 1.29 is 4.74 Å². The summed E-state index contributed by atoms with van der Waals surface area (Å²) in [6, 6.07) is 6.00. The molecule has 18 heavy (non-hydrogen) atoms. The lowest BCUT2D eigenvalue weighted by atomic mass is 10.1. The first-order chi connectivity index (χ1) is 8.54. The van der Waals surface area contributed by atoms with Crippen LogP contribution in [0.4, 0.5) is 11.5 Å². The minimum Gasteiger partial charge on any atom is -0.496 e. The molecule has 0 saturated heterocycles. The molecule has 0 radical (unpaired) electrons. The van der Waals surface area contributed by atoms with Crippen LogP contribution in [0.2, 0.25) is 0 Å². The van der Waals surface area contributed by atoms with Gasteiger partial charge in [-0.15, -0.1) is 0 Å². The predicted octanol–water partition coefficient (Wildman–Crippen LogP) is 1.74. The molecule has 1 heterocycles.